The zero-order chi connectivity index (χ0) is 22.9. The number of benzene rings is 3. The summed E-state index contributed by atoms with van der Waals surface area (Å²) in [4.78, 5) is 12.4. The molecule has 0 bridgehead atoms. The Hall–Kier alpha value is -3.61. The van der Waals surface area contributed by atoms with Crippen LogP contribution in [0.15, 0.2) is 79.0 Å². The molecule has 33 heavy (non-hydrogen) atoms. The first-order valence-electron chi connectivity index (χ1n) is 11.0. The summed E-state index contributed by atoms with van der Waals surface area (Å²) in [5.41, 5.74) is 6.18. The number of aliphatic hydroxyl groups is 2. The SMILES string of the molecule is Cn1cc(C(O)C(O)CNC(=O)OCC2c3ccccc3-c3ccccc32)c2ccccc21. The summed E-state index contributed by atoms with van der Waals surface area (Å²) in [5, 5.41) is 24.6. The predicted molar refractivity (Wildman–Crippen MR) is 127 cm³/mol. The number of hydrogen-bond acceptors (Lipinski definition) is 4. The molecule has 0 spiro atoms. The average Bonchev–Trinajstić information content (AvgIpc) is 3.36. The van der Waals surface area contributed by atoms with Gasteiger partial charge in [-0.2, -0.15) is 0 Å². The van der Waals surface area contributed by atoms with E-state index in [0.717, 1.165) is 33.2 Å². The first kappa shape index (κ1) is 21.2. The van der Waals surface area contributed by atoms with Gasteiger partial charge in [0.2, 0.25) is 0 Å². The van der Waals surface area contributed by atoms with Crippen molar-refractivity contribution in [3.8, 4) is 11.1 Å². The highest BCUT2D eigenvalue weighted by Crippen LogP contribution is 2.44. The van der Waals surface area contributed by atoms with E-state index in [1.807, 2.05) is 60.1 Å². The Kier molecular flexibility index (Phi) is 5.62. The number of nitrogens with one attached hydrogen (secondary N) is 1. The quantitative estimate of drug-likeness (QED) is 0.420. The third kappa shape index (κ3) is 3.88. The van der Waals surface area contributed by atoms with Gasteiger partial charge in [-0.15, -0.1) is 0 Å². The van der Waals surface area contributed by atoms with Crippen molar-refractivity contribution in [2.45, 2.75) is 18.1 Å². The van der Waals surface area contributed by atoms with Gasteiger partial charge >= 0.3 is 6.09 Å². The molecule has 1 heterocycles. The van der Waals surface area contributed by atoms with Gasteiger partial charge < -0.3 is 24.8 Å². The van der Waals surface area contributed by atoms with E-state index in [0.29, 0.717) is 5.56 Å². The fourth-order valence-corrected chi connectivity index (χ4v) is 4.76. The van der Waals surface area contributed by atoms with Crippen LogP contribution in [0.25, 0.3) is 22.0 Å². The topological polar surface area (TPSA) is 83.7 Å². The number of hydrogen-bond donors (Lipinski definition) is 3. The van der Waals surface area contributed by atoms with E-state index < -0.39 is 18.3 Å². The molecule has 1 amide bonds. The van der Waals surface area contributed by atoms with Crippen molar-refractivity contribution in [2.75, 3.05) is 13.2 Å². The van der Waals surface area contributed by atoms with E-state index in [4.69, 9.17) is 4.74 Å². The molecular formula is C27H26N2O4. The van der Waals surface area contributed by atoms with Crippen LogP contribution < -0.4 is 5.32 Å². The van der Waals surface area contributed by atoms with Crippen molar-refractivity contribution in [2.24, 2.45) is 7.05 Å². The van der Waals surface area contributed by atoms with Crippen molar-refractivity contribution < 1.29 is 19.7 Å². The molecule has 3 N–H and O–H groups in total. The average molecular weight is 443 g/mol. The standard InChI is InChI=1S/C27H26N2O4/c1-29-15-22(21-12-6-7-13-24(21)29)26(31)25(30)14-28-27(32)33-16-23-19-10-4-2-8-17(19)18-9-3-5-11-20(18)23/h2-13,15,23,25-26,30-31H,14,16H2,1H3,(H,28,32). The van der Waals surface area contributed by atoms with Gasteiger partial charge in [0.25, 0.3) is 0 Å². The molecule has 0 aliphatic heterocycles. The maximum absolute atomic E-state index is 12.4. The fraction of sp³-hybridized carbons (Fsp3) is 0.222. The molecule has 0 fully saturated rings. The molecule has 6 nitrogen and oxygen atoms in total. The summed E-state index contributed by atoms with van der Waals surface area (Å²) >= 11 is 0. The van der Waals surface area contributed by atoms with Crippen LogP contribution in [0.1, 0.15) is 28.7 Å². The Labute approximate surface area is 192 Å². The Morgan fingerprint density at radius 2 is 1.58 bits per heavy atom. The number of alkyl carbamates (subject to hydrolysis) is 1. The largest absolute Gasteiger partial charge is 0.449 e. The number of carbonyl (C=O) groups excluding carboxylic acids is 1. The number of rotatable bonds is 6. The van der Waals surface area contributed by atoms with Crippen LogP contribution in [0.2, 0.25) is 0 Å². The van der Waals surface area contributed by atoms with E-state index >= 15 is 0 Å². The van der Waals surface area contributed by atoms with Crippen LogP contribution in [0, 0.1) is 0 Å². The molecule has 2 unspecified atom stereocenters. The van der Waals surface area contributed by atoms with Gasteiger partial charge in [-0.3, -0.25) is 0 Å². The highest BCUT2D eigenvalue weighted by atomic mass is 16.5. The number of aliphatic hydroxyl groups excluding tert-OH is 2. The molecule has 168 valence electrons. The molecule has 0 saturated heterocycles. The molecule has 3 aromatic carbocycles. The van der Waals surface area contributed by atoms with Gasteiger partial charge in [0.1, 0.15) is 18.8 Å². The first-order chi connectivity index (χ1) is 16.0. The number of fused-ring (bicyclic) bond motifs is 4. The maximum atomic E-state index is 12.4. The molecule has 0 saturated carbocycles. The zero-order valence-electron chi connectivity index (χ0n) is 18.3. The van der Waals surface area contributed by atoms with Gasteiger partial charge in [0.15, 0.2) is 0 Å². The lowest BCUT2D eigenvalue weighted by Gasteiger charge is -2.19. The molecule has 1 aliphatic rings. The summed E-state index contributed by atoms with van der Waals surface area (Å²) in [6.07, 6.45) is -1.13. The van der Waals surface area contributed by atoms with Crippen LogP contribution in [-0.4, -0.2) is 40.1 Å². The number of amides is 1. The smallest absolute Gasteiger partial charge is 0.407 e. The van der Waals surface area contributed by atoms with Gasteiger partial charge in [-0.25, -0.2) is 4.79 Å². The summed E-state index contributed by atoms with van der Waals surface area (Å²) < 4.78 is 7.41. The molecule has 1 aromatic heterocycles. The van der Waals surface area contributed by atoms with Crippen LogP contribution >= 0.6 is 0 Å². The van der Waals surface area contributed by atoms with Crippen molar-refractivity contribution >= 4 is 17.0 Å². The van der Waals surface area contributed by atoms with Crippen molar-refractivity contribution in [1.82, 2.24) is 9.88 Å². The van der Waals surface area contributed by atoms with Gasteiger partial charge in [-0.1, -0.05) is 66.7 Å². The fourth-order valence-electron chi connectivity index (χ4n) is 4.76. The van der Waals surface area contributed by atoms with Crippen molar-refractivity contribution in [1.29, 1.82) is 0 Å². The second-order valence-electron chi connectivity index (χ2n) is 8.43. The molecule has 6 heteroatoms. The molecule has 4 aromatic rings. The number of para-hydroxylation sites is 1. The number of carbonyl (C=O) groups is 1. The third-order valence-corrected chi connectivity index (χ3v) is 6.41. The lowest BCUT2D eigenvalue weighted by atomic mass is 9.98. The van der Waals surface area contributed by atoms with Crippen LogP contribution in [0.3, 0.4) is 0 Å². The van der Waals surface area contributed by atoms with Gasteiger partial charge in [0.05, 0.1) is 0 Å². The van der Waals surface area contributed by atoms with E-state index in [1.54, 1.807) is 6.20 Å². The summed E-state index contributed by atoms with van der Waals surface area (Å²) in [5.74, 6) is -0.0330. The summed E-state index contributed by atoms with van der Waals surface area (Å²) in [6.45, 7) is 0.0723. The molecule has 1 aliphatic carbocycles. The van der Waals surface area contributed by atoms with Gasteiger partial charge in [-0.05, 0) is 28.3 Å². The Morgan fingerprint density at radius 1 is 0.970 bits per heavy atom. The molecular weight excluding hydrogens is 416 g/mol. The monoisotopic (exact) mass is 442 g/mol. The second kappa shape index (κ2) is 8.73. The first-order valence-corrected chi connectivity index (χ1v) is 11.0. The van der Waals surface area contributed by atoms with E-state index in [2.05, 4.69) is 29.6 Å². The number of nitrogens with zero attached hydrogens (tertiary/aromatic N) is 1. The highest BCUT2D eigenvalue weighted by molar-refractivity contribution is 5.84. The normalized spacial score (nSPS) is 14.5. The summed E-state index contributed by atoms with van der Waals surface area (Å²) in [7, 11) is 1.89. The van der Waals surface area contributed by atoms with Crippen LogP contribution in [-0.2, 0) is 11.8 Å². The predicted octanol–water partition coefficient (Wildman–Crippen LogP) is 4.11. The number of aromatic nitrogens is 1. The molecule has 2 atom stereocenters. The van der Waals surface area contributed by atoms with Crippen LogP contribution in [0.5, 0.6) is 0 Å². The molecule has 5 rings (SSSR count). The maximum Gasteiger partial charge on any atom is 0.407 e. The second-order valence-corrected chi connectivity index (χ2v) is 8.43. The molecule has 0 radical (unpaired) electrons. The lowest BCUT2D eigenvalue weighted by Crippen LogP contribution is -2.36. The Morgan fingerprint density at radius 3 is 2.27 bits per heavy atom. The Balaban J connectivity index is 1.21. The number of ether oxygens (including phenoxy) is 1. The Bertz CT molecular complexity index is 1270. The lowest BCUT2D eigenvalue weighted by molar-refractivity contribution is 0.0193. The van der Waals surface area contributed by atoms with Crippen LogP contribution in [0.4, 0.5) is 4.79 Å². The number of aryl methyl sites for hydroxylation is 1. The minimum Gasteiger partial charge on any atom is -0.449 e. The van der Waals surface area contributed by atoms with Gasteiger partial charge in [0, 0.05) is 42.2 Å². The van der Waals surface area contributed by atoms with E-state index in [9.17, 15) is 15.0 Å². The minimum atomic E-state index is -1.17. The highest BCUT2D eigenvalue weighted by Gasteiger charge is 2.29. The third-order valence-electron chi connectivity index (χ3n) is 6.41. The van der Waals surface area contributed by atoms with E-state index in [-0.39, 0.29) is 19.1 Å². The van der Waals surface area contributed by atoms with E-state index in [1.165, 1.54) is 0 Å². The minimum absolute atomic E-state index is 0.0330. The summed E-state index contributed by atoms with van der Waals surface area (Å²) in [6, 6.07) is 23.9. The van der Waals surface area contributed by atoms with Crippen molar-refractivity contribution in [3.63, 3.8) is 0 Å². The van der Waals surface area contributed by atoms with Crippen molar-refractivity contribution in [3.05, 3.63) is 95.7 Å². The zero-order valence-corrected chi connectivity index (χ0v) is 18.3.